The van der Waals surface area contributed by atoms with E-state index in [1.54, 1.807) is 0 Å². The number of amides is 1. The highest BCUT2D eigenvalue weighted by atomic mass is 17.0. The van der Waals surface area contributed by atoms with Gasteiger partial charge in [-0.2, -0.15) is 0 Å². The Morgan fingerprint density at radius 2 is 1.56 bits per heavy atom. The van der Waals surface area contributed by atoms with Crippen LogP contribution >= 0.6 is 0 Å². The van der Waals surface area contributed by atoms with Gasteiger partial charge in [-0.3, -0.25) is 9.59 Å². The molecule has 0 heterocycles. The number of carbonyl (C=O) groups excluding carboxylic acids is 2. The summed E-state index contributed by atoms with van der Waals surface area (Å²) in [5.41, 5.74) is 1.12. The zero-order chi connectivity index (χ0) is 36.2. The van der Waals surface area contributed by atoms with Crippen molar-refractivity contribution in [2.24, 2.45) is 11.8 Å². The number of carbonyl (C=O) groups is 2. The van der Waals surface area contributed by atoms with Gasteiger partial charge in [0, 0.05) is 25.3 Å². The molecule has 1 amide bonds. The minimum absolute atomic E-state index is 0.0443. The average molecular weight is 709 g/mol. The molecule has 0 unspecified atom stereocenters. The third-order valence-corrected chi connectivity index (χ3v) is 8.02. The molecule has 14 nitrogen and oxygen atoms in total. The Hall–Kier alpha value is -3.40. The molecule has 0 aromatic heterocycles. The van der Waals surface area contributed by atoms with Crippen molar-refractivity contribution in [2.45, 2.75) is 76.6 Å². The third-order valence-electron chi connectivity index (χ3n) is 8.02. The van der Waals surface area contributed by atoms with E-state index >= 15 is 0 Å². The number of allylic oxidation sites excluding steroid dienone is 2. The maximum atomic E-state index is 12.7. The number of rotatable bonds is 29. The van der Waals surface area contributed by atoms with Crippen LogP contribution in [0.3, 0.4) is 0 Å². The van der Waals surface area contributed by atoms with Gasteiger partial charge in [-0.25, -0.2) is 0 Å². The SMILES string of the molecule is CCNC(=O)CCC/C=C\C[C@@H]1[C@H](/C=C/[C@H](CCc2ccccc2)OC(=O)CCOCCOCCOCCOCCO[N+](=O)[O-])[C@H](O)C[C@@H]1O. The molecule has 1 aliphatic carbocycles. The summed E-state index contributed by atoms with van der Waals surface area (Å²) in [6.45, 7) is 4.63. The molecule has 0 saturated heterocycles. The predicted molar refractivity (Wildman–Crippen MR) is 185 cm³/mol. The van der Waals surface area contributed by atoms with E-state index in [0.717, 1.165) is 18.4 Å². The van der Waals surface area contributed by atoms with Crippen LogP contribution in [0.1, 0.15) is 57.4 Å². The topological polar surface area (TPSA) is 185 Å². The lowest BCUT2D eigenvalue weighted by Gasteiger charge is -2.21. The van der Waals surface area contributed by atoms with E-state index in [2.05, 4.69) is 10.2 Å². The van der Waals surface area contributed by atoms with Crippen LogP contribution in [0.25, 0.3) is 0 Å². The quantitative estimate of drug-likeness (QED) is 0.0363. The molecule has 1 saturated carbocycles. The van der Waals surface area contributed by atoms with Crippen molar-refractivity contribution in [3.63, 3.8) is 0 Å². The minimum Gasteiger partial charge on any atom is -0.458 e. The molecular weight excluding hydrogens is 652 g/mol. The van der Waals surface area contributed by atoms with E-state index in [0.29, 0.717) is 65.3 Å². The number of unbranched alkanes of at least 4 members (excludes halogenated alkanes) is 1. The molecule has 1 fully saturated rings. The molecule has 2 rings (SSSR count). The van der Waals surface area contributed by atoms with Crippen molar-refractivity contribution in [1.29, 1.82) is 0 Å². The van der Waals surface area contributed by atoms with Gasteiger partial charge in [0.1, 0.15) is 12.7 Å². The maximum absolute atomic E-state index is 12.7. The van der Waals surface area contributed by atoms with Crippen molar-refractivity contribution >= 4 is 11.9 Å². The Morgan fingerprint density at radius 3 is 2.20 bits per heavy atom. The smallest absolute Gasteiger partial charge is 0.308 e. The number of aliphatic hydroxyl groups excluding tert-OH is 2. The first-order valence-corrected chi connectivity index (χ1v) is 17.6. The molecule has 282 valence electrons. The molecule has 1 aromatic carbocycles. The second kappa shape index (κ2) is 27.3. The van der Waals surface area contributed by atoms with Gasteiger partial charge in [0.05, 0.1) is 71.5 Å². The number of esters is 1. The normalized spacial score (nSPS) is 19.6. The Balaban J connectivity index is 1.73. The number of nitrogens with zero attached hydrogens (tertiary/aromatic N) is 1. The summed E-state index contributed by atoms with van der Waals surface area (Å²) in [7, 11) is 0. The van der Waals surface area contributed by atoms with Crippen LogP contribution in [0, 0.1) is 22.0 Å². The zero-order valence-electron chi connectivity index (χ0n) is 29.2. The van der Waals surface area contributed by atoms with E-state index in [9.17, 15) is 29.9 Å². The Kier molecular flexibility index (Phi) is 23.4. The van der Waals surface area contributed by atoms with Crippen molar-refractivity contribution in [2.75, 3.05) is 66.0 Å². The summed E-state index contributed by atoms with van der Waals surface area (Å²) in [6, 6.07) is 9.93. The number of aliphatic hydroxyl groups is 2. The zero-order valence-corrected chi connectivity index (χ0v) is 29.2. The second-order valence-electron chi connectivity index (χ2n) is 11.9. The number of aryl methyl sites for hydroxylation is 1. The largest absolute Gasteiger partial charge is 0.458 e. The molecule has 0 aliphatic heterocycles. The molecule has 14 heteroatoms. The first-order chi connectivity index (χ1) is 24.3. The van der Waals surface area contributed by atoms with Crippen LogP contribution < -0.4 is 5.32 Å². The van der Waals surface area contributed by atoms with E-state index < -0.39 is 29.4 Å². The van der Waals surface area contributed by atoms with Gasteiger partial charge in [0.15, 0.2) is 0 Å². The van der Waals surface area contributed by atoms with E-state index in [1.807, 2.05) is 61.6 Å². The molecule has 1 aromatic rings. The van der Waals surface area contributed by atoms with Crippen LogP contribution in [-0.4, -0.2) is 111 Å². The highest BCUT2D eigenvalue weighted by Crippen LogP contribution is 2.36. The average Bonchev–Trinajstić information content (AvgIpc) is 3.36. The molecule has 1 aliphatic rings. The van der Waals surface area contributed by atoms with Gasteiger partial charge in [0.2, 0.25) is 5.91 Å². The minimum atomic E-state index is -0.869. The summed E-state index contributed by atoms with van der Waals surface area (Å²) >= 11 is 0. The standard InChI is InChI=1S/C36H56N2O12/c1-2-37-35(41)13-9-4-3-8-12-31-32(34(40)28-33(31)39)17-16-30(15-14-29-10-6-5-7-11-29)50-36(42)18-19-45-20-21-46-22-23-47-24-25-48-26-27-49-38(43)44/h3,5-8,10-11,16-17,30-34,39-40H,2,4,9,12-15,18-28H2,1H3,(H,37,41)/b8-3-,17-16+/t30-,31+,32-,33-,34+/m0/s1. The fraction of sp³-hybridized carbons (Fsp3) is 0.667. The number of nitrogens with one attached hydrogen (secondary N) is 1. The predicted octanol–water partition coefficient (Wildman–Crippen LogP) is 3.36. The van der Waals surface area contributed by atoms with Gasteiger partial charge in [-0.15, -0.1) is 10.1 Å². The van der Waals surface area contributed by atoms with Crippen molar-refractivity contribution < 1.29 is 53.4 Å². The van der Waals surface area contributed by atoms with Gasteiger partial charge >= 0.3 is 5.97 Å². The second-order valence-corrected chi connectivity index (χ2v) is 11.9. The van der Waals surface area contributed by atoms with E-state index in [4.69, 9.17) is 23.7 Å². The van der Waals surface area contributed by atoms with Crippen LogP contribution in [0.2, 0.25) is 0 Å². The lowest BCUT2D eigenvalue weighted by Crippen LogP contribution is -2.22. The molecular formula is C36H56N2O12. The number of ether oxygens (including phenoxy) is 5. The number of hydrogen-bond donors (Lipinski definition) is 3. The van der Waals surface area contributed by atoms with Crippen LogP contribution in [0.5, 0.6) is 0 Å². The molecule has 3 N–H and O–H groups in total. The highest BCUT2D eigenvalue weighted by molar-refractivity contribution is 5.75. The number of hydrogen-bond acceptors (Lipinski definition) is 12. The van der Waals surface area contributed by atoms with Crippen LogP contribution in [-0.2, 0) is 44.5 Å². The van der Waals surface area contributed by atoms with Gasteiger partial charge in [-0.05, 0) is 56.6 Å². The summed E-state index contributed by atoms with van der Waals surface area (Å²) in [5.74, 6) is -0.804. The van der Waals surface area contributed by atoms with Crippen molar-refractivity contribution in [1.82, 2.24) is 5.32 Å². The van der Waals surface area contributed by atoms with Crippen LogP contribution in [0.15, 0.2) is 54.6 Å². The fourth-order valence-corrected chi connectivity index (χ4v) is 5.46. The first-order valence-electron chi connectivity index (χ1n) is 17.6. The monoisotopic (exact) mass is 708 g/mol. The molecule has 0 radical (unpaired) electrons. The highest BCUT2D eigenvalue weighted by Gasteiger charge is 2.39. The van der Waals surface area contributed by atoms with Gasteiger partial charge < -0.3 is 44.1 Å². The van der Waals surface area contributed by atoms with E-state index in [1.165, 1.54) is 0 Å². The van der Waals surface area contributed by atoms with Crippen molar-refractivity contribution in [3.05, 3.63) is 70.3 Å². The Bertz CT molecular complexity index is 1120. The van der Waals surface area contributed by atoms with Crippen molar-refractivity contribution in [3.8, 4) is 0 Å². The van der Waals surface area contributed by atoms with Gasteiger partial charge in [-0.1, -0.05) is 48.6 Å². The fourth-order valence-electron chi connectivity index (χ4n) is 5.46. The summed E-state index contributed by atoms with van der Waals surface area (Å²) in [6.07, 6.45) is 10.1. The molecule has 0 spiro atoms. The third kappa shape index (κ3) is 20.3. The van der Waals surface area contributed by atoms with E-state index in [-0.39, 0.29) is 57.0 Å². The summed E-state index contributed by atoms with van der Waals surface area (Å²) in [5, 5.41) is 33.4. The Morgan fingerprint density at radius 1 is 0.920 bits per heavy atom. The molecule has 50 heavy (non-hydrogen) atoms. The summed E-state index contributed by atoms with van der Waals surface area (Å²) < 4.78 is 27.3. The molecule has 5 atom stereocenters. The number of benzene rings is 1. The lowest BCUT2D eigenvalue weighted by molar-refractivity contribution is -0.758. The van der Waals surface area contributed by atoms with Crippen LogP contribution in [0.4, 0.5) is 0 Å². The summed E-state index contributed by atoms with van der Waals surface area (Å²) in [4.78, 5) is 38.5. The Labute approximate surface area is 295 Å². The lowest BCUT2D eigenvalue weighted by atomic mass is 9.89. The maximum Gasteiger partial charge on any atom is 0.308 e. The van der Waals surface area contributed by atoms with Gasteiger partial charge in [0.25, 0.3) is 5.09 Å². The molecule has 0 bridgehead atoms. The first kappa shape index (κ1) is 42.8.